The van der Waals surface area contributed by atoms with Crippen molar-refractivity contribution in [2.75, 3.05) is 45.9 Å². The number of hydrogen-bond acceptors (Lipinski definition) is 3. The van der Waals surface area contributed by atoms with E-state index in [0.717, 1.165) is 38.1 Å². The van der Waals surface area contributed by atoms with E-state index in [2.05, 4.69) is 17.1 Å². The fourth-order valence-corrected chi connectivity index (χ4v) is 3.78. The second-order valence-corrected chi connectivity index (χ2v) is 7.04. The molecule has 1 heterocycles. The number of morpholine rings is 1. The van der Waals surface area contributed by atoms with Crippen LogP contribution < -0.4 is 5.32 Å². The van der Waals surface area contributed by atoms with Crippen molar-refractivity contribution >= 4 is 0 Å². The van der Waals surface area contributed by atoms with Crippen LogP contribution in [0.3, 0.4) is 0 Å². The van der Waals surface area contributed by atoms with Crippen LogP contribution >= 0.6 is 0 Å². The number of unbranched alkanes of at least 4 members (excludes halogenated alkanes) is 1. The van der Waals surface area contributed by atoms with Gasteiger partial charge in [0, 0.05) is 13.1 Å². The van der Waals surface area contributed by atoms with Crippen LogP contribution in [-0.2, 0) is 4.74 Å². The molecule has 21 heavy (non-hydrogen) atoms. The maximum atomic E-state index is 5.38. The highest BCUT2D eigenvalue weighted by molar-refractivity contribution is 4.74. The summed E-state index contributed by atoms with van der Waals surface area (Å²) < 4.78 is 5.38. The summed E-state index contributed by atoms with van der Waals surface area (Å²) in [5.41, 5.74) is 0. The van der Waals surface area contributed by atoms with E-state index < -0.39 is 0 Å². The van der Waals surface area contributed by atoms with E-state index in [0.29, 0.717) is 0 Å². The van der Waals surface area contributed by atoms with Crippen molar-refractivity contribution in [3.05, 3.63) is 0 Å². The molecule has 0 aromatic rings. The van der Waals surface area contributed by atoms with Gasteiger partial charge >= 0.3 is 0 Å². The summed E-state index contributed by atoms with van der Waals surface area (Å²) in [7, 11) is 0. The second kappa shape index (κ2) is 10.6. The van der Waals surface area contributed by atoms with Gasteiger partial charge < -0.3 is 10.1 Å². The molecular weight excluding hydrogens is 260 g/mol. The Bertz CT molecular complexity index is 246. The molecule has 0 atom stereocenters. The SMILES string of the molecule is CCCCC1CCC(CNCCCN2CCOCC2)CC1. The highest BCUT2D eigenvalue weighted by atomic mass is 16.5. The van der Waals surface area contributed by atoms with E-state index in [1.165, 1.54) is 71.0 Å². The molecule has 0 radical (unpaired) electrons. The quantitative estimate of drug-likeness (QED) is 0.661. The Labute approximate surface area is 131 Å². The number of nitrogens with zero attached hydrogens (tertiary/aromatic N) is 1. The van der Waals surface area contributed by atoms with Crippen LogP contribution in [0.2, 0.25) is 0 Å². The first kappa shape index (κ1) is 17.2. The lowest BCUT2D eigenvalue weighted by atomic mass is 9.80. The average Bonchev–Trinajstić information content (AvgIpc) is 2.55. The maximum absolute atomic E-state index is 5.38. The first-order chi connectivity index (χ1) is 10.4. The lowest BCUT2D eigenvalue weighted by molar-refractivity contribution is 0.0374. The zero-order chi connectivity index (χ0) is 14.8. The zero-order valence-electron chi connectivity index (χ0n) is 14.1. The van der Waals surface area contributed by atoms with Gasteiger partial charge in [-0.3, -0.25) is 4.90 Å². The van der Waals surface area contributed by atoms with Crippen LogP contribution in [0.4, 0.5) is 0 Å². The molecule has 2 aliphatic rings. The average molecular weight is 296 g/mol. The minimum absolute atomic E-state index is 0.925. The molecule has 1 saturated carbocycles. The van der Waals surface area contributed by atoms with Crippen molar-refractivity contribution in [3.63, 3.8) is 0 Å². The lowest BCUT2D eigenvalue weighted by Gasteiger charge is -2.29. The summed E-state index contributed by atoms with van der Waals surface area (Å²) in [6.07, 6.45) is 11.5. The van der Waals surface area contributed by atoms with E-state index >= 15 is 0 Å². The third-order valence-corrected chi connectivity index (χ3v) is 5.30. The molecule has 0 aromatic carbocycles. The topological polar surface area (TPSA) is 24.5 Å². The van der Waals surface area contributed by atoms with Crippen LogP contribution in [0.25, 0.3) is 0 Å². The molecule has 124 valence electrons. The van der Waals surface area contributed by atoms with Gasteiger partial charge in [-0.2, -0.15) is 0 Å². The third-order valence-electron chi connectivity index (χ3n) is 5.30. The number of ether oxygens (including phenoxy) is 1. The van der Waals surface area contributed by atoms with Crippen molar-refractivity contribution < 1.29 is 4.74 Å². The molecule has 2 fully saturated rings. The molecule has 1 saturated heterocycles. The summed E-state index contributed by atoms with van der Waals surface area (Å²) in [6, 6.07) is 0. The Morgan fingerprint density at radius 1 is 1.00 bits per heavy atom. The maximum Gasteiger partial charge on any atom is 0.0594 e. The van der Waals surface area contributed by atoms with Gasteiger partial charge in [0.1, 0.15) is 0 Å². The molecule has 3 heteroatoms. The van der Waals surface area contributed by atoms with Crippen LogP contribution in [-0.4, -0.2) is 50.8 Å². The Balaban J connectivity index is 1.42. The second-order valence-electron chi connectivity index (χ2n) is 7.04. The number of nitrogens with one attached hydrogen (secondary N) is 1. The minimum Gasteiger partial charge on any atom is -0.379 e. The predicted molar refractivity (Wildman–Crippen MR) is 89.7 cm³/mol. The van der Waals surface area contributed by atoms with Crippen molar-refractivity contribution in [2.24, 2.45) is 11.8 Å². The van der Waals surface area contributed by atoms with E-state index in [9.17, 15) is 0 Å². The number of rotatable bonds is 9. The number of hydrogen-bond donors (Lipinski definition) is 1. The summed E-state index contributed by atoms with van der Waals surface area (Å²) >= 11 is 0. The van der Waals surface area contributed by atoms with Crippen molar-refractivity contribution in [1.29, 1.82) is 0 Å². The Kier molecular flexibility index (Phi) is 8.68. The molecule has 0 unspecified atom stereocenters. The van der Waals surface area contributed by atoms with Crippen LogP contribution in [0, 0.1) is 11.8 Å². The van der Waals surface area contributed by atoms with E-state index in [1.54, 1.807) is 0 Å². The van der Waals surface area contributed by atoms with Gasteiger partial charge in [-0.05, 0) is 50.7 Å². The standard InChI is InChI=1S/C18H36N2O/c1-2-3-5-17-6-8-18(9-7-17)16-19-10-4-11-20-12-14-21-15-13-20/h17-19H,2-16H2,1H3. The van der Waals surface area contributed by atoms with Gasteiger partial charge in [0.15, 0.2) is 0 Å². The highest BCUT2D eigenvalue weighted by Gasteiger charge is 2.20. The fraction of sp³-hybridized carbons (Fsp3) is 1.00. The predicted octanol–water partition coefficient (Wildman–Crippen LogP) is 3.29. The Hall–Kier alpha value is -0.120. The lowest BCUT2D eigenvalue weighted by Crippen LogP contribution is -2.38. The Morgan fingerprint density at radius 2 is 1.71 bits per heavy atom. The van der Waals surface area contributed by atoms with Crippen LogP contribution in [0.15, 0.2) is 0 Å². The van der Waals surface area contributed by atoms with Gasteiger partial charge in [-0.15, -0.1) is 0 Å². The van der Waals surface area contributed by atoms with Gasteiger partial charge in [-0.25, -0.2) is 0 Å². The smallest absolute Gasteiger partial charge is 0.0594 e. The molecule has 0 spiro atoms. The van der Waals surface area contributed by atoms with Crippen molar-refractivity contribution in [3.8, 4) is 0 Å². The largest absolute Gasteiger partial charge is 0.379 e. The normalized spacial score (nSPS) is 27.9. The molecule has 1 aliphatic carbocycles. The van der Waals surface area contributed by atoms with Crippen LogP contribution in [0.1, 0.15) is 58.3 Å². The molecular formula is C18H36N2O. The van der Waals surface area contributed by atoms with E-state index in [4.69, 9.17) is 4.74 Å². The first-order valence-corrected chi connectivity index (χ1v) is 9.39. The summed E-state index contributed by atoms with van der Waals surface area (Å²) in [5.74, 6) is 1.99. The van der Waals surface area contributed by atoms with Gasteiger partial charge in [-0.1, -0.05) is 39.0 Å². The summed E-state index contributed by atoms with van der Waals surface area (Å²) in [6.45, 7) is 10.1. The van der Waals surface area contributed by atoms with Gasteiger partial charge in [0.25, 0.3) is 0 Å². The fourth-order valence-electron chi connectivity index (χ4n) is 3.78. The molecule has 1 N–H and O–H groups in total. The van der Waals surface area contributed by atoms with Crippen LogP contribution in [0.5, 0.6) is 0 Å². The molecule has 0 bridgehead atoms. The summed E-state index contributed by atoms with van der Waals surface area (Å²) in [4.78, 5) is 2.53. The van der Waals surface area contributed by atoms with E-state index in [-0.39, 0.29) is 0 Å². The van der Waals surface area contributed by atoms with E-state index in [1.807, 2.05) is 0 Å². The summed E-state index contributed by atoms with van der Waals surface area (Å²) in [5, 5.41) is 3.69. The molecule has 2 rings (SSSR count). The zero-order valence-corrected chi connectivity index (χ0v) is 14.1. The molecule has 1 aliphatic heterocycles. The molecule has 3 nitrogen and oxygen atoms in total. The highest BCUT2D eigenvalue weighted by Crippen LogP contribution is 2.31. The van der Waals surface area contributed by atoms with Gasteiger partial charge in [0.05, 0.1) is 13.2 Å². The molecule has 0 aromatic heterocycles. The van der Waals surface area contributed by atoms with Gasteiger partial charge in [0.2, 0.25) is 0 Å². The minimum atomic E-state index is 0.925. The first-order valence-electron chi connectivity index (χ1n) is 9.39. The molecule has 0 amide bonds. The Morgan fingerprint density at radius 3 is 2.43 bits per heavy atom. The third kappa shape index (κ3) is 7.12. The monoisotopic (exact) mass is 296 g/mol. The van der Waals surface area contributed by atoms with Crippen molar-refractivity contribution in [1.82, 2.24) is 10.2 Å². The van der Waals surface area contributed by atoms with Crippen molar-refractivity contribution in [2.45, 2.75) is 58.3 Å².